The summed E-state index contributed by atoms with van der Waals surface area (Å²) in [5, 5.41) is 9.89. The molecule has 0 saturated heterocycles. The number of ether oxygens (including phenoxy) is 2. The smallest absolute Gasteiger partial charge is 0.337 e. The van der Waals surface area contributed by atoms with Crippen LogP contribution in [0.1, 0.15) is 28.8 Å². The van der Waals surface area contributed by atoms with Crippen LogP contribution in [0.3, 0.4) is 0 Å². The standard InChI is InChI=1S/C12H15NO4/c1-16-12(15)7-4-8(6-13)11(14)10(5-7)17-9-2-3-9/h4-5,9,14H,2-3,6,13H2,1H3. The van der Waals surface area contributed by atoms with Crippen LogP contribution in [0.4, 0.5) is 0 Å². The van der Waals surface area contributed by atoms with Gasteiger partial charge in [-0.2, -0.15) is 0 Å². The molecule has 17 heavy (non-hydrogen) atoms. The number of esters is 1. The maximum absolute atomic E-state index is 11.4. The predicted octanol–water partition coefficient (Wildman–Crippen LogP) is 1.18. The molecule has 1 aromatic rings. The highest BCUT2D eigenvalue weighted by atomic mass is 16.5. The molecule has 0 bridgehead atoms. The average molecular weight is 237 g/mol. The van der Waals surface area contributed by atoms with E-state index >= 15 is 0 Å². The summed E-state index contributed by atoms with van der Waals surface area (Å²) in [6.07, 6.45) is 2.08. The number of nitrogens with two attached hydrogens (primary N) is 1. The van der Waals surface area contributed by atoms with Crippen molar-refractivity contribution in [2.45, 2.75) is 25.5 Å². The van der Waals surface area contributed by atoms with Gasteiger partial charge in [-0.25, -0.2) is 4.79 Å². The van der Waals surface area contributed by atoms with Gasteiger partial charge in [-0.05, 0) is 25.0 Å². The molecule has 0 atom stereocenters. The summed E-state index contributed by atoms with van der Waals surface area (Å²) in [5.74, 6) is -0.164. The van der Waals surface area contributed by atoms with Gasteiger partial charge in [0.1, 0.15) is 0 Å². The molecule has 0 unspecified atom stereocenters. The zero-order valence-corrected chi connectivity index (χ0v) is 9.60. The summed E-state index contributed by atoms with van der Waals surface area (Å²) < 4.78 is 10.2. The second-order valence-electron chi connectivity index (χ2n) is 4.00. The molecule has 1 fully saturated rings. The average Bonchev–Trinajstić information content (AvgIpc) is 3.14. The number of phenols is 1. The molecular formula is C12H15NO4. The first-order chi connectivity index (χ1) is 8.15. The highest BCUT2D eigenvalue weighted by molar-refractivity contribution is 5.90. The lowest BCUT2D eigenvalue weighted by Crippen LogP contribution is -2.07. The summed E-state index contributed by atoms with van der Waals surface area (Å²) in [6.45, 7) is 0.137. The van der Waals surface area contributed by atoms with Gasteiger partial charge in [0, 0.05) is 12.1 Å². The van der Waals surface area contributed by atoms with Crippen LogP contribution in [0.2, 0.25) is 0 Å². The molecule has 5 nitrogen and oxygen atoms in total. The van der Waals surface area contributed by atoms with Crippen molar-refractivity contribution in [1.82, 2.24) is 0 Å². The van der Waals surface area contributed by atoms with Crippen LogP contribution in [-0.2, 0) is 11.3 Å². The Kier molecular flexibility index (Phi) is 3.19. The van der Waals surface area contributed by atoms with E-state index in [0.717, 1.165) is 12.8 Å². The first kappa shape index (κ1) is 11.7. The second kappa shape index (κ2) is 4.63. The zero-order valence-electron chi connectivity index (χ0n) is 9.60. The summed E-state index contributed by atoms with van der Waals surface area (Å²) in [7, 11) is 1.30. The summed E-state index contributed by atoms with van der Waals surface area (Å²) >= 11 is 0. The third kappa shape index (κ3) is 2.50. The minimum atomic E-state index is -0.472. The van der Waals surface area contributed by atoms with Gasteiger partial charge in [-0.3, -0.25) is 0 Å². The van der Waals surface area contributed by atoms with Crippen molar-refractivity contribution in [1.29, 1.82) is 0 Å². The minimum absolute atomic E-state index is 0.00653. The molecule has 0 aliphatic heterocycles. The van der Waals surface area contributed by atoms with Crippen molar-refractivity contribution < 1.29 is 19.4 Å². The Hall–Kier alpha value is -1.75. The molecule has 1 aliphatic carbocycles. The lowest BCUT2D eigenvalue weighted by molar-refractivity contribution is 0.0600. The van der Waals surface area contributed by atoms with Crippen LogP contribution in [0.15, 0.2) is 12.1 Å². The molecular weight excluding hydrogens is 222 g/mol. The van der Waals surface area contributed by atoms with Crippen LogP contribution in [-0.4, -0.2) is 24.3 Å². The number of methoxy groups -OCH3 is 1. The van der Waals surface area contributed by atoms with Gasteiger partial charge in [0.15, 0.2) is 11.5 Å². The van der Waals surface area contributed by atoms with Crippen molar-refractivity contribution in [2.24, 2.45) is 5.73 Å². The molecule has 0 spiro atoms. The number of carbonyl (C=O) groups is 1. The number of hydrogen-bond acceptors (Lipinski definition) is 5. The Bertz CT molecular complexity index is 440. The molecule has 92 valence electrons. The highest BCUT2D eigenvalue weighted by Gasteiger charge is 2.26. The van der Waals surface area contributed by atoms with Gasteiger partial charge < -0.3 is 20.3 Å². The Morgan fingerprint density at radius 3 is 2.76 bits per heavy atom. The van der Waals surface area contributed by atoms with Crippen LogP contribution in [0.5, 0.6) is 11.5 Å². The third-order valence-corrected chi connectivity index (χ3v) is 2.61. The molecule has 1 saturated carbocycles. The Balaban J connectivity index is 2.37. The lowest BCUT2D eigenvalue weighted by Gasteiger charge is -2.12. The number of hydrogen-bond donors (Lipinski definition) is 2. The number of rotatable bonds is 4. The van der Waals surface area contributed by atoms with Gasteiger partial charge in [0.2, 0.25) is 0 Å². The number of benzene rings is 1. The van der Waals surface area contributed by atoms with Gasteiger partial charge >= 0.3 is 5.97 Å². The van der Waals surface area contributed by atoms with E-state index in [4.69, 9.17) is 10.5 Å². The second-order valence-corrected chi connectivity index (χ2v) is 4.00. The molecule has 1 aromatic carbocycles. The van der Waals surface area contributed by atoms with E-state index in [0.29, 0.717) is 16.9 Å². The minimum Gasteiger partial charge on any atom is -0.504 e. The van der Waals surface area contributed by atoms with E-state index in [1.165, 1.54) is 19.2 Å². The Morgan fingerprint density at radius 2 is 2.24 bits per heavy atom. The predicted molar refractivity (Wildman–Crippen MR) is 61.0 cm³/mol. The zero-order chi connectivity index (χ0) is 12.4. The van der Waals surface area contributed by atoms with Crippen LogP contribution < -0.4 is 10.5 Å². The Morgan fingerprint density at radius 1 is 1.53 bits per heavy atom. The van der Waals surface area contributed by atoms with Crippen LogP contribution in [0, 0.1) is 0 Å². The number of phenolic OH excluding ortho intramolecular Hbond substituents is 1. The topological polar surface area (TPSA) is 81.8 Å². The summed E-state index contributed by atoms with van der Waals surface area (Å²) in [5.41, 5.74) is 6.32. The fraction of sp³-hybridized carbons (Fsp3) is 0.417. The summed E-state index contributed by atoms with van der Waals surface area (Å²) in [6, 6.07) is 3.00. The lowest BCUT2D eigenvalue weighted by atomic mass is 10.1. The molecule has 5 heteroatoms. The first-order valence-corrected chi connectivity index (χ1v) is 5.46. The first-order valence-electron chi connectivity index (χ1n) is 5.46. The molecule has 2 rings (SSSR count). The largest absolute Gasteiger partial charge is 0.504 e. The van der Waals surface area contributed by atoms with Crippen LogP contribution in [0.25, 0.3) is 0 Å². The monoisotopic (exact) mass is 237 g/mol. The van der Waals surface area contributed by atoms with Gasteiger partial charge in [0.25, 0.3) is 0 Å². The number of aromatic hydroxyl groups is 1. The van der Waals surface area contributed by atoms with E-state index in [2.05, 4.69) is 4.74 Å². The maximum atomic E-state index is 11.4. The van der Waals surface area contributed by atoms with Crippen molar-refractivity contribution in [3.8, 4) is 11.5 Å². The van der Waals surface area contributed by atoms with E-state index < -0.39 is 5.97 Å². The van der Waals surface area contributed by atoms with Crippen molar-refractivity contribution >= 4 is 5.97 Å². The van der Waals surface area contributed by atoms with E-state index in [-0.39, 0.29) is 18.4 Å². The quantitative estimate of drug-likeness (QED) is 0.768. The van der Waals surface area contributed by atoms with Gasteiger partial charge in [0.05, 0.1) is 18.8 Å². The number of carbonyl (C=O) groups excluding carboxylic acids is 1. The Labute approximate surface area is 99.1 Å². The molecule has 0 aromatic heterocycles. The fourth-order valence-corrected chi connectivity index (χ4v) is 1.51. The molecule has 0 radical (unpaired) electrons. The maximum Gasteiger partial charge on any atom is 0.337 e. The molecule has 0 amide bonds. The third-order valence-electron chi connectivity index (χ3n) is 2.61. The molecule has 1 aliphatic rings. The van der Waals surface area contributed by atoms with Crippen molar-refractivity contribution in [2.75, 3.05) is 7.11 Å². The van der Waals surface area contributed by atoms with Crippen molar-refractivity contribution in [3.05, 3.63) is 23.3 Å². The highest BCUT2D eigenvalue weighted by Crippen LogP contribution is 2.36. The fourth-order valence-electron chi connectivity index (χ4n) is 1.51. The van der Waals surface area contributed by atoms with Gasteiger partial charge in [-0.1, -0.05) is 0 Å². The summed E-state index contributed by atoms with van der Waals surface area (Å²) in [4.78, 5) is 11.4. The van der Waals surface area contributed by atoms with E-state index in [9.17, 15) is 9.90 Å². The normalized spacial score (nSPS) is 14.5. The van der Waals surface area contributed by atoms with Crippen LogP contribution >= 0.6 is 0 Å². The molecule has 3 N–H and O–H groups in total. The molecule has 0 heterocycles. The van der Waals surface area contributed by atoms with E-state index in [1.54, 1.807) is 0 Å². The van der Waals surface area contributed by atoms with E-state index in [1.807, 2.05) is 0 Å². The van der Waals surface area contributed by atoms with Crippen molar-refractivity contribution in [3.63, 3.8) is 0 Å². The van der Waals surface area contributed by atoms with Gasteiger partial charge in [-0.15, -0.1) is 0 Å². The SMILES string of the molecule is COC(=O)c1cc(CN)c(O)c(OC2CC2)c1.